The second-order valence-corrected chi connectivity index (χ2v) is 8.25. The van der Waals surface area contributed by atoms with Crippen LogP contribution in [0.15, 0.2) is 84.9 Å². The average Bonchev–Trinajstić information content (AvgIpc) is 3.28. The monoisotopic (exact) mass is 442 g/mol. The largest absolute Gasteiger partial charge is 0.322 e. The Hall–Kier alpha value is -3.84. The highest BCUT2D eigenvalue weighted by Gasteiger charge is 2.11. The van der Waals surface area contributed by atoms with E-state index in [1.165, 1.54) is 16.9 Å². The number of aromatic nitrogens is 2. The fraction of sp³-hybridized carbons (Fsp3) is 0.120. The molecule has 6 nitrogen and oxygen atoms in total. The van der Waals surface area contributed by atoms with Crippen LogP contribution in [0.2, 0.25) is 0 Å². The van der Waals surface area contributed by atoms with E-state index in [-0.39, 0.29) is 11.8 Å². The molecule has 0 saturated carbocycles. The molecular formula is C25H22N4O2S. The Bertz CT molecular complexity index is 1180. The van der Waals surface area contributed by atoms with E-state index in [1.54, 1.807) is 36.4 Å². The number of aryl methyl sites for hydroxylation is 2. The third-order valence-electron chi connectivity index (χ3n) is 4.83. The first kappa shape index (κ1) is 21.4. The molecule has 0 aliphatic carbocycles. The van der Waals surface area contributed by atoms with Crippen LogP contribution in [-0.2, 0) is 12.8 Å². The van der Waals surface area contributed by atoms with E-state index < -0.39 is 0 Å². The summed E-state index contributed by atoms with van der Waals surface area (Å²) in [6, 6.07) is 26.0. The molecule has 3 aromatic carbocycles. The molecule has 2 N–H and O–H groups in total. The first-order valence-electron chi connectivity index (χ1n) is 10.3. The summed E-state index contributed by atoms with van der Waals surface area (Å²) in [4.78, 5) is 24.7. The van der Waals surface area contributed by atoms with E-state index in [1.807, 2.05) is 36.4 Å². The molecular weight excluding hydrogens is 420 g/mol. The van der Waals surface area contributed by atoms with E-state index in [9.17, 15) is 9.59 Å². The van der Waals surface area contributed by atoms with Gasteiger partial charge in [-0.1, -0.05) is 59.9 Å². The smallest absolute Gasteiger partial charge is 0.257 e. The van der Waals surface area contributed by atoms with Gasteiger partial charge >= 0.3 is 0 Å². The van der Waals surface area contributed by atoms with Gasteiger partial charge in [0.15, 0.2) is 0 Å². The van der Waals surface area contributed by atoms with Gasteiger partial charge in [-0.25, -0.2) is 0 Å². The molecule has 2 amide bonds. The van der Waals surface area contributed by atoms with Gasteiger partial charge in [-0.05, 0) is 54.8 Å². The van der Waals surface area contributed by atoms with Gasteiger partial charge in [0, 0.05) is 23.2 Å². The number of nitrogens with one attached hydrogen (secondary N) is 2. The number of benzene rings is 3. The van der Waals surface area contributed by atoms with Crippen molar-refractivity contribution in [1.29, 1.82) is 0 Å². The van der Waals surface area contributed by atoms with Gasteiger partial charge in [-0.15, -0.1) is 10.2 Å². The molecule has 0 unspecified atom stereocenters. The zero-order valence-electron chi connectivity index (χ0n) is 17.3. The van der Waals surface area contributed by atoms with E-state index in [0.717, 1.165) is 24.3 Å². The third kappa shape index (κ3) is 5.86. The summed E-state index contributed by atoms with van der Waals surface area (Å²) in [6.07, 6.45) is 2.77. The summed E-state index contributed by atoms with van der Waals surface area (Å²) in [5.74, 6) is -0.464. The molecule has 4 aromatic rings. The Kier molecular flexibility index (Phi) is 6.99. The molecule has 0 spiro atoms. The van der Waals surface area contributed by atoms with Crippen molar-refractivity contribution in [3.63, 3.8) is 0 Å². The van der Waals surface area contributed by atoms with Gasteiger partial charge in [0.1, 0.15) is 5.01 Å². The topological polar surface area (TPSA) is 84.0 Å². The minimum atomic E-state index is -0.266. The van der Waals surface area contributed by atoms with Gasteiger partial charge in [0.05, 0.1) is 0 Å². The van der Waals surface area contributed by atoms with Crippen molar-refractivity contribution in [3.05, 3.63) is 107 Å². The van der Waals surface area contributed by atoms with Crippen molar-refractivity contribution in [2.24, 2.45) is 0 Å². The number of hydrogen-bond acceptors (Lipinski definition) is 5. The van der Waals surface area contributed by atoms with E-state index in [4.69, 9.17) is 0 Å². The lowest BCUT2D eigenvalue weighted by atomic mass is 10.1. The highest BCUT2D eigenvalue weighted by atomic mass is 32.1. The number of nitrogens with zero attached hydrogens (tertiary/aromatic N) is 2. The number of hydrogen-bond donors (Lipinski definition) is 2. The van der Waals surface area contributed by atoms with Crippen molar-refractivity contribution in [1.82, 2.24) is 10.2 Å². The molecule has 32 heavy (non-hydrogen) atoms. The summed E-state index contributed by atoms with van der Waals surface area (Å²) in [5, 5.41) is 15.2. The molecule has 4 rings (SSSR count). The predicted octanol–water partition coefficient (Wildman–Crippen LogP) is 5.22. The summed E-state index contributed by atoms with van der Waals surface area (Å²) in [5.41, 5.74) is 2.97. The minimum Gasteiger partial charge on any atom is -0.322 e. The van der Waals surface area contributed by atoms with E-state index in [2.05, 4.69) is 33.0 Å². The maximum atomic E-state index is 12.5. The maximum absolute atomic E-state index is 12.5. The van der Waals surface area contributed by atoms with E-state index >= 15 is 0 Å². The van der Waals surface area contributed by atoms with Crippen LogP contribution in [0.3, 0.4) is 0 Å². The Balaban J connectivity index is 1.28. The molecule has 0 atom stereocenters. The highest BCUT2D eigenvalue weighted by Crippen LogP contribution is 2.19. The van der Waals surface area contributed by atoms with Gasteiger partial charge in [0.25, 0.3) is 11.8 Å². The first-order valence-corrected chi connectivity index (χ1v) is 11.1. The predicted molar refractivity (Wildman–Crippen MR) is 127 cm³/mol. The minimum absolute atomic E-state index is 0.198. The zero-order valence-corrected chi connectivity index (χ0v) is 18.1. The van der Waals surface area contributed by atoms with Crippen molar-refractivity contribution < 1.29 is 9.59 Å². The third-order valence-corrected chi connectivity index (χ3v) is 5.73. The van der Waals surface area contributed by atoms with Gasteiger partial charge in [-0.2, -0.15) is 0 Å². The van der Waals surface area contributed by atoms with Crippen LogP contribution in [0.1, 0.15) is 37.7 Å². The van der Waals surface area contributed by atoms with Crippen LogP contribution in [0.5, 0.6) is 0 Å². The Morgan fingerprint density at radius 2 is 1.31 bits per heavy atom. The molecule has 0 saturated heterocycles. The van der Waals surface area contributed by atoms with E-state index in [0.29, 0.717) is 21.9 Å². The van der Waals surface area contributed by atoms with Crippen LogP contribution in [0, 0.1) is 0 Å². The summed E-state index contributed by atoms with van der Waals surface area (Å²) < 4.78 is 0. The molecule has 1 aromatic heterocycles. The van der Waals surface area contributed by atoms with Gasteiger partial charge in [-0.3, -0.25) is 14.9 Å². The number of carbonyl (C=O) groups is 2. The van der Waals surface area contributed by atoms with Crippen molar-refractivity contribution in [2.45, 2.75) is 19.3 Å². The Morgan fingerprint density at radius 3 is 2.03 bits per heavy atom. The van der Waals surface area contributed by atoms with Crippen molar-refractivity contribution in [2.75, 3.05) is 10.6 Å². The van der Waals surface area contributed by atoms with Crippen molar-refractivity contribution >= 4 is 34.0 Å². The lowest BCUT2D eigenvalue weighted by Gasteiger charge is -2.06. The van der Waals surface area contributed by atoms with Crippen LogP contribution >= 0.6 is 11.3 Å². The molecule has 0 radical (unpaired) electrons. The first-order chi connectivity index (χ1) is 15.7. The molecule has 0 bridgehead atoms. The Morgan fingerprint density at radius 1 is 0.688 bits per heavy atom. The fourth-order valence-electron chi connectivity index (χ4n) is 3.16. The molecule has 0 aliphatic heterocycles. The average molecular weight is 443 g/mol. The van der Waals surface area contributed by atoms with Gasteiger partial charge < -0.3 is 5.32 Å². The number of carbonyl (C=O) groups excluding carboxylic acids is 2. The maximum Gasteiger partial charge on any atom is 0.257 e. The molecule has 160 valence electrons. The molecule has 1 heterocycles. The SMILES string of the molecule is O=C(Nc1ccc(C(=O)Nc2nnc(CCCc3ccccc3)s2)cc1)c1ccccc1. The molecule has 7 heteroatoms. The molecule has 0 fully saturated rings. The quantitative estimate of drug-likeness (QED) is 0.392. The van der Waals surface area contributed by atoms with Crippen LogP contribution < -0.4 is 10.6 Å². The second kappa shape index (κ2) is 10.5. The normalized spacial score (nSPS) is 10.5. The Labute approximate surface area is 190 Å². The summed E-state index contributed by atoms with van der Waals surface area (Å²) >= 11 is 1.39. The standard InChI is InChI=1S/C25H22N4O2S/c30-23(19-11-5-2-6-12-19)26-21-16-14-20(15-17-21)24(31)27-25-29-28-22(32-25)13-7-10-18-8-3-1-4-9-18/h1-6,8-9,11-12,14-17H,7,10,13H2,(H,26,30)(H,27,29,31). The van der Waals surface area contributed by atoms with Crippen molar-refractivity contribution in [3.8, 4) is 0 Å². The summed E-state index contributed by atoms with van der Waals surface area (Å²) in [7, 11) is 0. The van der Waals surface area contributed by atoms with Gasteiger partial charge in [0.2, 0.25) is 5.13 Å². The second-order valence-electron chi connectivity index (χ2n) is 7.19. The molecule has 0 aliphatic rings. The number of rotatable bonds is 8. The lowest BCUT2D eigenvalue weighted by molar-refractivity contribution is 0.102. The van der Waals surface area contributed by atoms with Crippen LogP contribution in [0.25, 0.3) is 0 Å². The fourth-order valence-corrected chi connectivity index (χ4v) is 3.94. The highest BCUT2D eigenvalue weighted by molar-refractivity contribution is 7.15. The number of anilines is 2. The van der Waals surface area contributed by atoms with Crippen LogP contribution in [-0.4, -0.2) is 22.0 Å². The lowest BCUT2D eigenvalue weighted by Crippen LogP contribution is -2.13. The van der Waals surface area contributed by atoms with Crippen LogP contribution in [0.4, 0.5) is 10.8 Å². The zero-order chi connectivity index (χ0) is 22.2. The number of amides is 2. The summed E-state index contributed by atoms with van der Waals surface area (Å²) in [6.45, 7) is 0.